The number of rotatable bonds is 3. The van der Waals surface area contributed by atoms with Crippen LogP contribution in [0.25, 0.3) is 5.65 Å². The van der Waals surface area contributed by atoms with E-state index in [9.17, 15) is 4.79 Å². The van der Waals surface area contributed by atoms with Crippen LogP contribution in [0.5, 0.6) is 0 Å². The SMILES string of the molecule is C[C@@H](Sc1nnc2c(Cl)cc(Cl)cn12)C(=O)N1CCc2ccccc2C1. The Labute approximate surface area is 165 Å². The minimum Gasteiger partial charge on any atom is -0.337 e. The molecule has 134 valence electrons. The second-order valence-corrected chi connectivity index (χ2v) is 8.37. The van der Waals surface area contributed by atoms with Crippen LogP contribution in [0.1, 0.15) is 18.1 Å². The van der Waals surface area contributed by atoms with Crippen molar-refractivity contribution in [1.29, 1.82) is 0 Å². The Morgan fingerprint density at radius 2 is 2.00 bits per heavy atom. The number of pyridine rings is 1. The number of amides is 1. The van der Waals surface area contributed by atoms with Gasteiger partial charge >= 0.3 is 0 Å². The lowest BCUT2D eigenvalue weighted by Crippen LogP contribution is -2.40. The van der Waals surface area contributed by atoms with Gasteiger partial charge in [0, 0.05) is 19.3 Å². The molecule has 1 amide bonds. The average Bonchev–Trinajstić information content (AvgIpc) is 3.03. The lowest BCUT2D eigenvalue weighted by molar-refractivity contribution is -0.131. The lowest BCUT2D eigenvalue weighted by Gasteiger charge is -2.30. The predicted octanol–water partition coefficient (Wildman–Crippen LogP) is 4.10. The molecule has 5 nitrogen and oxygen atoms in total. The summed E-state index contributed by atoms with van der Waals surface area (Å²) in [4.78, 5) is 14.8. The average molecular weight is 407 g/mol. The molecule has 1 aromatic carbocycles. The highest BCUT2D eigenvalue weighted by molar-refractivity contribution is 8.00. The van der Waals surface area contributed by atoms with E-state index in [-0.39, 0.29) is 11.2 Å². The quantitative estimate of drug-likeness (QED) is 0.614. The molecule has 0 saturated heterocycles. The Bertz CT molecular complexity index is 990. The number of fused-ring (bicyclic) bond motifs is 2. The maximum absolute atomic E-state index is 12.9. The van der Waals surface area contributed by atoms with Gasteiger partial charge in [0.1, 0.15) is 0 Å². The van der Waals surface area contributed by atoms with E-state index in [1.807, 2.05) is 24.0 Å². The van der Waals surface area contributed by atoms with Crippen LogP contribution in [-0.2, 0) is 17.8 Å². The van der Waals surface area contributed by atoms with Crippen LogP contribution >= 0.6 is 35.0 Å². The van der Waals surface area contributed by atoms with E-state index >= 15 is 0 Å². The standard InChI is InChI=1S/C18H16Cl2N4OS/c1-11(17(25)23-7-6-12-4-2-3-5-13(12)9-23)26-18-22-21-16-15(20)8-14(19)10-24(16)18/h2-5,8,10-11H,6-7,9H2,1H3/t11-/m1/s1. The van der Waals surface area contributed by atoms with Gasteiger partial charge in [0.05, 0.1) is 15.3 Å². The fourth-order valence-corrected chi connectivity index (χ4v) is 4.55. The molecule has 0 spiro atoms. The number of aromatic nitrogens is 3. The molecular formula is C18H16Cl2N4OS. The first-order chi connectivity index (χ1) is 12.5. The molecule has 0 N–H and O–H groups in total. The molecule has 26 heavy (non-hydrogen) atoms. The molecule has 3 heterocycles. The van der Waals surface area contributed by atoms with Gasteiger partial charge in [0.15, 0.2) is 10.8 Å². The van der Waals surface area contributed by atoms with Crippen LogP contribution in [0.3, 0.4) is 0 Å². The normalized spacial score (nSPS) is 15.1. The Balaban J connectivity index is 1.52. The number of thioether (sulfide) groups is 1. The van der Waals surface area contributed by atoms with Gasteiger partial charge in [0.25, 0.3) is 0 Å². The fraction of sp³-hybridized carbons (Fsp3) is 0.278. The van der Waals surface area contributed by atoms with Gasteiger partial charge in [-0.15, -0.1) is 10.2 Å². The highest BCUT2D eigenvalue weighted by Crippen LogP contribution is 2.29. The summed E-state index contributed by atoms with van der Waals surface area (Å²) in [5.41, 5.74) is 3.07. The highest BCUT2D eigenvalue weighted by atomic mass is 35.5. The highest BCUT2D eigenvalue weighted by Gasteiger charge is 2.26. The summed E-state index contributed by atoms with van der Waals surface area (Å²) in [6.07, 6.45) is 2.60. The van der Waals surface area contributed by atoms with E-state index in [1.165, 1.54) is 22.9 Å². The van der Waals surface area contributed by atoms with Gasteiger partial charge in [-0.1, -0.05) is 59.2 Å². The third-order valence-corrected chi connectivity index (χ3v) is 6.00. The maximum Gasteiger partial charge on any atom is 0.236 e. The number of hydrogen-bond donors (Lipinski definition) is 0. The molecule has 0 fully saturated rings. The topological polar surface area (TPSA) is 50.5 Å². The van der Waals surface area contributed by atoms with Crippen molar-refractivity contribution in [3.63, 3.8) is 0 Å². The van der Waals surface area contributed by atoms with E-state index < -0.39 is 0 Å². The van der Waals surface area contributed by atoms with Crippen molar-refractivity contribution in [3.05, 3.63) is 57.7 Å². The van der Waals surface area contributed by atoms with Gasteiger partial charge in [-0.05, 0) is 30.5 Å². The zero-order valence-corrected chi connectivity index (χ0v) is 16.4. The Morgan fingerprint density at radius 3 is 2.81 bits per heavy atom. The molecule has 8 heteroatoms. The van der Waals surface area contributed by atoms with Crippen LogP contribution in [-0.4, -0.2) is 37.2 Å². The van der Waals surface area contributed by atoms with E-state index in [4.69, 9.17) is 23.2 Å². The van der Waals surface area contributed by atoms with Crippen LogP contribution in [0, 0.1) is 0 Å². The summed E-state index contributed by atoms with van der Waals surface area (Å²) in [5, 5.41) is 9.50. The van der Waals surface area contributed by atoms with E-state index in [0.717, 1.165) is 13.0 Å². The first kappa shape index (κ1) is 17.6. The second kappa shape index (κ2) is 7.10. The smallest absolute Gasteiger partial charge is 0.236 e. The van der Waals surface area contributed by atoms with Crippen molar-refractivity contribution in [2.75, 3.05) is 6.54 Å². The van der Waals surface area contributed by atoms with Gasteiger partial charge in [-0.3, -0.25) is 9.20 Å². The largest absolute Gasteiger partial charge is 0.337 e. The summed E-state index contributed by atoms with van der Waals surface area (Å²) in [6.45, 7) is 3.28. The number of carbonyl (C=O) groups excluding carboxylic acids is 1. The molecule has 0 aliphatic carbocycles. The molecule has 1 aliphatic heterocycles. The van der Waals surface area contributed by atoms with Crippen molar-refractivity contribution < 1.29 is 4.79 Å². The van der Waals surface area contributed by atoms with Gasteiger partial charge in [-0.2, -0.15) is 0 Å². The molecular weight excluding hydrogens is 391 g/mol. The number of benzene rings is 1. The monoisotopic (exact) mass is 406 g/mol. The molecule has 2 aromatic heterocycles. The zero-order valence-electron chi connectivity index (χ0n) is 14.0. The van der Waals surface area contributed by atoms with Crippen molar-refractivity contribution in [2.24, 2.45) is 0 Å². The summed E-state index contributed by atoms with van der Waals surface area (Å²) >= 11 is 13.6. The second-order valence-electron chi connectivity index (χ2n) is 6.22. The molecule has 0 unspecified atom stereocenters. The van der Waals surface area contributed by atoms with Crippen molar-refractivity contribution >= 4 is 46.5 Å². The zero-order chi connectivity index (χ0) is 18.3. The Kier molecular flexibility index (Phi) is 4.82. The van der Waals surface area contributed by atoms with Crippen LogP contribution in [0.2, 0.25) is 10.0 Å². The summed E-state index contributed by atoms with van der Waals surface area (Å²) in [5.74, 6) is 0.0920. The molecule has 1 aliphatic rings. The summed E-state index contributed by atoms with van der Waals surface area (Å²) in [7, 11) is 0. The van der Waals surface area contributed by atoms with E-state index in [0.29, 0.717) is 27.4 Å². The molecule has 3 aromatic rings. The molecule has 0 bridgehead atoms. The fourth-order valence-electron chi connectivity index (χ4n) is 3.13. The summed E-state index contributed by atoms with van der Waals surface area (Å²) < 4.78 is 1.73. The number of nitrogens with zero attached hydrogens (tertiary/aromatic N) is 4. The lowest BCUT2D eigenvalue weighted by atomic mass is 10.00. The van der Waals surface area contributed by atoms with Crippen LogP contribution in [0.15, 0.2) is 41.7 Å². The summed E-state index contributed by atoms with van der Waals surface area (Å²) in [6, 6.07) is 9.90. The minimum absolute atomic E-state index is 0.0920. The number of carbonyl (C=O) groups is 1. The molecule has 0 radical (unpaired) electrons. The van der Waals surface area contributed by atoms with Crippen LogP contribution < -0.4 is 0 Å². The maximum atomic E-state index is 12.9. The minimum atomic E-state index is -0.287. The van der Waals surface area contributed by atoms with E-state index in [2.05, 4.69) is 22.3 Å². The third kappa shape index (κ3) is 3.29. The van der Waals surface area contributed by atoms with Gasteiger partial charge < -0.3 is 4.90 Å². The van der Waals surface area contributed by atoms with E-state index in [1.54, 1.807) is 16.7 Å². The first-order valence-corrected chi connectivity index (χ1v) is 9.88. The Morgan fingerprint density at radius 1 is 1.23 bits per heavy atom. The molecule has 4 rings (SSSR count). The number of hydrogen-bond acceptors (Lipinski definition) is 4. The van der Waals surface area contributed by atoms with Gasteiger partial charge in [-0.25, -0.2) is 0 Å². The number of halogens is 2. The van der Waals surface area contributed by atoms with Crippen molar-refractivity contribution in [2.45, 2.75) is 30.3 Å². The molecule has 0 saturated carbocycles. The molecule has 1 atom stereocenters. The van der Waals surface area contributed by atoms with Crippen molar-refractivity contribution in [3.8, 4) is 0 Å². The predicted molar refractivity (Wildman–Crippen MR) is 104 cm³/mol. The van der Waals surface area contributed by atoms with Crippen molar-refractivity contribution in [1.82, 2.24) is 19.5 Å². The first-order valence-electron chi connectivity index (χ1n) is 8.25. The van der Waals surface area contributed by atoms with Crippen LogP contribution in [0.4, 0.5) is 0 Å². The Hall–Kier alpha value is -1.76. The third-order valence-electron chi connectivity index (χ3n) is 4.47. The van der Waals surface area contributed by atoms with Gasteiger partial charge in [0.2, 0.25) is 5.91 Å².